The van der Waals surface area contributed by atoms with E-state index in [1.807, 2.05) is 26.1 Å². The fraction of sp³-hybridized carbons (Fsp3) is 0.273. The molecule has 0 fully saturated rings. The van der Waals surface area contributed by atoms with E-state index < -0.39 is 0 Å². The highest BCUT2D eigenvalue weighted by atomic mass is 16.1. The molecule has 2 aromatic rings. The van der Waals surface area contributed by atoms with Gasteiger partial charge in [-0.15, -0.1) is 0 Å². The third-order valence-electron chi connectivity index (χ3n) is 2.50. The van der Waals surface area contributed by atoms with Crippen molar-refractivity contribution in [3.05, 3.63) is 40.4 Å². The number of nitrogens with zero attached hydrogens (tertiary/aromatic N) is 3. The van der Waals surface area contributed by atoms with Crippen LogP contribution in [-0.2, 0) is 14.1 Å². The lowest BCUT2D eigenvalue weighted by Gasteiger charge is -2.03. The Morgan fingerprint density at radius 2 is 2.12 bits per heavy atom. The molecule has 0 saturated heterocycles. The fourth-order valence-electron chi connectivity index (χ4n) is 1.45. The van der Waals surface area contributed by atoms with E-state index >= 15 is 0 Å². The average molecular weight is 218 g/mol. The molecule has 0 unspecified atom stereocenters. The van der Waals surface area contributed by atoms with Crippen molar-refractivity contribution in [3.8, 4) is 0 Å². The molecule has 0 aromatic carbocycles. The number of anilines is 2. The Labute approximate surface area is 93.3 Å². The zero-order valence-electron chi connectivity index (χ0n) is 9.56. The molecule has 0 amide bonds. The van der Waals surface area contributed by atoms with Gasteiger partial charge in [-0.1, -0.05) is 0 Å². The molecule has 0 atom stereocenters. The first-order chi connectivity index (χ1) is 7.58. The lowest BCUT2D eigenvalue weighted by atomic mass is 10.4. The van der Waals surface area contributed by atoms with Crippen molar-refractivity contribution in [2.24, 2.45) is 14.1 Å². The second-order valence-corrected chi connectivity index (χ2v) is 3.76. The molecule has 84 valence electrons. The van der Waals surface area contributed by atoms with Gasteiger partial charge in [0.05, 0.1) is 0 Å². The second kappa shape index (κ2) is 3.84. The number of hydrogen-bond donors (Lipinski definition) is 1. The smallest absolute Gasteiger partial charge is 0.274 e. The summed E-state index contributed by atoms with van der Waals surface area (Å²) in [6.45, 7) is 1.96. The minimum absolute atomic E-state index is 0.0641. The van der Waals surface area contributed by atoms with Crippen LogP contribution in [0.1, 0.15) is 5.69 Å². The first-order valence-corrected chi connectivity index (χ1v) is 5.01. The van der Waals surface area contributed by atoms with Crippen LogP contribution in [0.15, 0.2) is 29.2 Å². The second-order valence-electron chi connectivity index (χ2n) is 3.76. The molecule has 0 aliphatic heterocycles. The van der Waals surface area contributed by atoms with Crippen LogP contribution in [0, 0.1) is 6.92 Å². The molecule has 0 bridgehead atoms. The molecule has 0 radical (unpaired) electrons. The Balaban J connectivity index is 2.34. The van der Waals surface area contributed by atoms with Crippen molar-refractivity contribution in [2.45, 2.75) is 6.92 Å². The minimum Gasteiger partial charge on any atom is -0.334 e. The van der Waals surface area contributed by atoms with Crippen LogP contribution >= 0.6 is 0 Å². The van der Waals surface area contributed by atoms with Gasteiger partial charge < -0.3 is 9.88 Å². The van der Waals surface area contributed by atoms with Gasteiger partial charge in [0.15, 0.2) is 5.82 Å². The molecular formula is C11H14N4O. The topological polar surface area (TPSA) is 51.9 Å². The van der Waals surface area contributed by atoms with Crippen LogP contribution in [0.5, 0.6) is 0 Å². The summed E-state index contributed by atoms with van der Waals surface area (Å²) in [6.07, 6.45) is 1.72. The molecule has 16 heavy (non-hydrogen) atoms. The Bertz CT molecular complexity index is 548. The lowest BCUT2D eigenvalue weighted by Crippen LogP contribution is -2.18. The van der Waals surface area contributed by atoms with E-state index in [9.17, 15) is 4.79 Å². The third kappa shape index (κ3) is 1.84. The van der Waals surface area contributed by atoms with Crippen LogP contribution < -0.4 is 10.9 Å². The van der Waals surface area contributed by atoms with Crippen molar-refractivity contribution in [1.29, 1.82) is 0 Å². The fourth-order valence-corrected chi connectivity index (χ4v) is 1.45. The summed E-state index contributed by atoms with van der Waals surface area (Å²) in [7, 11) is 3.58. The van der Waals surface area contributed by atoms with E-state index in [-0.39, 0.29) is 5.56 Å². The highest BCUT2D eigenvalue weighted by Crippen LogP contribution is 2.11. The standard InChI is InChI=1S/C11H14N4O/c1-8-7-10(13-15(8)3)12-9-5-4-6-14(2)11(9)16/h4-7H,1-3H3,(H,12,13). The predicted octanol–water partition coefficient (Wildman–Crippen LogP) is 1.17. The Morgan fingerprint density at radius 1 is 1.38 bits per heavy atom. The zero-order valence-corrected chi connectivity index (χ0v) is 9.56. The van der Waals surface area contributed by atoms with Gasteiger partial charge in [-0.2, -0.15) is 5.10 Å². The summed E-state index contributed by atoms with van der Waals surface area (Å²) in [5.41, 5.74) is 1.50. The van der Waals surface area contributed by atoms with Gasteiger partial charge in [-0.25, -0.2) is 0 Å². The summed E-state index contributed by atoms with van der Waals surface area (Å²) >= 11 is 0. The van der Waals surface area contributed by atoms with Gasteiger partial charge >= 0.3 is 0 Å². The molecule has 0 aliphatic carbocycles. The lowest BCUT2D eigenvalue weighted by molar-refractivity contribution is 0.743. The van der Waals surface area contributed by atoms with Crippen LogP contribution in [0.25, 0.3) is 0 Å². The summed E-state index contributed by atoms with van der Waals surface area (Å²) in [6, 6.07) is 5.46. The van der Waals surface area contributed by atoms with E-state index in [4.69, 9.17) is 0 Å². The number of aromatic nitrogens is 3. The van der Waals surface area contributed by atoms with Gasteiger partial charge in [0.1, 0.15) is 5.69 Å². The van der Waals surface area contributed by atoms with Gasteiger partial charge in [-0.3, -0.25) is 9.48 Å². The van der Waals surface area contributed by atoms with Crippen LogP contribution in [-0.4, -0.2) is 14.3 Å². The average Bonchev–Trinajstić information content (AvgIpc) is 2.54. The van der Waals surface area contributed by atoms with Crippen molar-refractivity contribution < 1.29 is 0 Å². The summed E-state index contributed by atoms with van der Waals surface area (Å²) in [4.78, 5) is 11.7. The quantitative estimate of drug-likeness (QED) is 0.823. The Morgan fingerprint density at radius 3 is 2.75 bits per heavy atom. The summed E-state index contributed by atoms with van der Waals surface area (Å²) < 4.78 is 3.29. The molecule has 5 heteroatoms. The normalized spacial score (nSPS) is 10.4. The van der Waals surface area contributed by atoms with Gasteiger partial charge in [0.2, 0.25) is 0 Å². The molecule has 2 rings (SSSR count). The number of rotatable bonds is 2. The first-order valence-electron chi connectivity index (χ1n) is 5.01. The van der Waals surface area contributed by atoms with Crippen molar-refractivity contribution >= 4 is 11.5 Å². The maximum absolute atomic E-state index is 11.7. The molecule has 1 N–H and O–H groups in total. The maximum atomic E-state index is 11.7. The number of hydrogen-bond acceptors (Lipinski definition) is 3. The maximum Gasteiger partial charge on any atom is 0.274 e. The monoisotopic (exact) mass is 218 g/mol. The van der Waals surface area contributed by atoms with Crippen molar-refractivity contribution in [2.75, 3.05) is 5.32 Å². The summed E-state index contributed by atoms with van der Waals surface area (Å²) in [5.74, 6) is 0.684. The zero-order chi connectivity index (χ0) is 11.7. The SMILES string of the molecule is Cc1cc(Nc2cccn(C)c2=O)nn1C. The molecule has 2 aromatic heterocycles. The van der Waals surface area contributed by atoms with Crippen LogP contribution in [0.4, 0.5) is 11.5 Å². The van der Waals surface area contributed by atoms with Gasteiger partial charge in [0, 0.05) is 32.1 Å². The summed E-state index contributed by atoms with van der Waals surface area (Å²) in [5, 5.41) is 7.24. The van der Waals surface area contributed by atoms with Crippen LogP contribution in [0.2, 0.25) is 0 Å². The highest BCUT2D eigenvalue weighted by Gasteiger charge is 2.04. The Kier molecular flexibility index (Phi) is 2.52. The number of aryl methyl sites for hydroxylation is 3. The molecule has 0 spiro atoms. The number of pyridine rings is 1. The highest BCUT2D eigenvalue weighted by molar-refractivity contribution is 5.54. The molecule has 5 nitrogen and oxygen atoms in total. The Hall–Kier alpha value is -2.04. The minimum atomic E-state index is -0.0641. The van der Waals surface area contributed by atoms with Crippen molar-refractivity contribution in [3.63, 3.8) is 0 Å². The van der Waals surface area contributed by atoms with Crippen LogP contribution in [0.3, 0.4) is 0 Å². The molecule has 0 aliphatic rings. The number of nitrogens with one attached hydrogen (secondary N) is 1. The molecule has 0 saturated carbocycles. The van der Waals surface area contributed by atoms with E-state index in [1.54, 1.807) is 24.0 Å². The predicted molar refractivity (Wildman–Crippen MR) is 62.9 cm³/mol. The van der Waals surface area contributed by atoms with Crippen molar-refractivity contribution in [1.82, 2.24) is 14.3 Å². The van der Waals surface area contributed by atoms with Gasteiger partial charge in [0.25, 0.3) is 5.56 Å². The van der Waals surface area contributed by atoms with E-state index in [2.05, 4.69) is 10.4 Å². The first kappa shape index (κ1) is 10.5. The molecule has 2 heterocycles. The van der Waals surface area contributed by atoms with Gasteiger partial charge in [-0.05, 0) is 19.1 Å². The largest absolute Gasteiger partial charge is 0.334 e. The third-order valence-corrected chi connectivity index (χ3v) is 2.50. The van der Waals surface area contributed by atoms with E-state index in [1.165, 1.54) is 4.57 Å². The van der Waals surface area contributed by atoms with E-state index in [0.29, 0.717) is 11.5 Å². The molecular weight excluding hydrogens is 204 g/mol. The van der Waals surface area contributed by atoms with E-state index in [0.717, 1.165) is 5.69 Å².